The molecule has 1 saturated heterocycles. The fourth-order valence-corrected chi connectivity index (χ4v) is 4.16. The third-order valence-electron chi connectivity index (χ3n) is 4.52. The van der Waals surface area contributed by atoms with Crippen LogP contribution in [0, 0.1) is 23.3 Å². The van der Waals surface area contributed by atoms with Gasteiger partial charge in [-0.15, -0.1) is 6.58 Å². The Hall–Kier alpha value is -2.72. The minimum absolute atomic E-state index is 0.0698. The van der Waals surface area contributed by atoms with E-state index in [0.29, 0.717) is 31.5 Å². The number of piperidine rings is 1. The minimum Gasteiger partial charge on any atom is -0.349 e. The van der Waals surface area contributed by atoms with Crippen LogP contribution in [0.5, 0.6) is 0 Å². The molecule has 0 aliphatic carbocycles. The lowest BCUT2D eigenvalue weighted by molar-refractivity contribution is 0.0924. The van der Waals surface area contributed by atoms with Crippen LogP contribution in [0.1, 0.15) is 23.2 Å². The predicted molar refractivity (Wildman–Crippen MR) is 109 cm³/mol. The summed E-state index contributed by atoms with van der Waals surface area (Å²) in [6.45, 7) is 4.20. The van der Waals surface area contributed by atoms with Crippen LogP contribution in [0.3, 0.4) is 0 Å². The topological polar surface area (TPSA) is 66.5 Å². The molecule has 168 valence electrons. The summed E-state index contributed by atoms with van der Waals surface area (Å²) in [6.07, 6.45) is 2.49. The Balaban J connectivity index is 0.000000316. The third-order valence-corrected chi connectivity index (χ3v) is 6.33. The first-order valence-corrected chi connectivity index (χ1v) is 11.0. The number of rotatable bonds is 5. The van der Waals surface area contributed by atoms with Crippen molar-refractivity contribution in [3.8, 4) is 0 Å². The molecule has 5 nitrogen and oxygen atoms in total. The van der Waals surface area contributed by atoms with Gasteiger partial charge in [-0.25, -0.2) is 30.3 Å². The van der Waals surface area contributed by atoms with Gasteiger partial charge in [0.1, 0.15) is 5.82 Å². The molecule has 1 N–H and O–H groups in total. The van der Waals surface area contributed by atoms with Crippen LogP contribution in [-0.2, 0) is 10.0 Å². The SMILES string of the molecule is C=CCS(=O)(=O)N1CCC(NC(=O)c2ccc(F)cc2)CC1.Fc1cccc(F)c1F. The van der Waals surface area contributed by atoms with Crippen molar-refractivity contribution >= 4 is 15.9 Å². The molecule has 2 aromatic carbocycles. The van der Waals surface area contributed by atoms with Gasteiger partial charge in [0.2, 0.25) is 10.0 Å². The van der Waals surface area contributed by atoms with Crippen molar-refractivity contribution in [1.29, 1.82) is 0 Å². The Morgan fingerprint density at radius 3 is 2.06 bits per heavy atom. The standard InChI is InChI=1S/C15H19FN2O3S.C6H3F3/c1-2-11-22(20,21)18-9-7-14(8-10-18)17-15(19)12-3-5-13(16)6-4-12;7-4-2-1-3-5(8)6(4)9/h2-6,14H,1,7-11H2,(H,17,19);1-3H. The highest BCUT2D eigenvalue weighted by molar-refractivity contribution is 7.89. The highest BCUT2D eigenvalue weighted by Crippen LogP contribution is 2.15. The molecule has 10 heteroatoms. The number of nitrogens with one attached hydrogen (secondary N) is 1. The molecule has 0 spiro atoms. The molecule has 1 amide bonds. The Kier molecular flexibility index (Phi) is 8.76. The lowest BCUT2D eigenvalue weighted by Crippen LogP contribution is -2.46. The van der Waals surface area contributed by atoms with Crippen LogP contribution in [0.15, 0.2) is 55.1 Å². The predicted octanol–water partition coefficient (Wildman–Crippen LogP) is 3.64. The Labute approximate surface area is 178 Å². The van der Waals surface area contributed by atoms with Gasteiger partial charge in [-0.3, -0.25) is 4.79 Å². The van der Waals surface area contributed by atoms with Gasteiger partial charge >= 0.3 is 0 Å². The number of sulfonamides is 1. The molecule has 0 unspecified atom stereocenters. The van der Waals surface area contributed by atoms with E-state index >= 15 is 0 Å². The molecule has 0 bridgehead atoms. The number of nitrogens with zero attached hydrogens (tertiary/aromatic N) is 1. The summed E-state index contributed by atoms with van der Waals surface area (Å²) < 4.78 is 74.0. The highest BCUT2D eigenvalue weighted by Gasteiger charge is 2.27. The second-order valence-electron chi connectivity index (χ2n) is 6.76. The first-order valence-electron chi connectivity index (χ1n) is 9.38. The molecular weight excluding hydrogens is 436 g/mol. The van der Waals surface area contributed by atoms with Gasteiger partial charge in [0, 0.05) is 24.7 Å². The molecule has 0 aromatic heterocycles. The van der Waals surface area contributed by atoms with E-state index in [2.05, 4.69) is 11.9 Å². The number of halogens is 4. The summed E-state index contributed by atoms with van der Waals surface area (Å²) in [5, 5.41) is 2.86. The Morgan fingerprint density at radius 2 is 1.58 bits per heavy atom. The second-order valence-corrected chi connectivity index (χ2v) is 8.77. The van der Waals surface area contributed by atoms with Crippen molar-refractivity contribution in [2.45, 2.75) is 18.9 Å². The average molecular weight is 458 g/mol. The van der Waals surface area contributed by atoms with E-state index in [9.17, 15) is 30.8 Å². The summed E-state index contributed by atoms with van der Waals surface area (Å²) in [6, 6.07) is 8.07. The molecule has 1 aliphatic heterocycles. The quantitative estimate of drug-likeness (QED) is 0.423. The molecule has 1 fully saturated rings. The number of amides is 1. The van der Waals surface area contributed by atoms with Crippen molar-refractivity contribution in [3.63, 3.8) is 0 Å². The van der Waals surface area contributed by atoms with Gasteiger partial charge < -0.3 is 5.32 Å². The number of carbonyl (C=O) groups excluding carboxylic acids is 1. The van der Waals surface area contributed by atoms with Crippen LogP contribution in [0.25, 0.3) is 0 Å². The molecule has 0 atom stereocenters. The number of carbonyl (C=O) groups is 1. The highest BCUT2D eigenvalue weighted by atomic mass is 32.2. The van der Waals surface area contributed by atoms with Crippen LogP contribution < -0.4 is 5.32 Å². The monoisotopic (exact) mass is 458 g/mol. The van der Waals surface area contributed by atoms with Gasteiger partial charge in [-0.2, -0.15) is 0 Å². The zero-order chi connectivity index (χ0) is 23.0. The van der Waals surface area contributed by atoms with Crippen molar-refractivity contribution < 1.29 is 30.8 Å². The molecular formula is C21H22F4N2O3S. The van der Waals surface area contributed by atoms with Gasteiger partial charge in [-0.1, -0.05) is 12.1 Å². The lowest BCUT2D eigenvalue weighted by atomic mass is 10.1. The van der Waals surface area contributed by atoms with Crippen molar-refractivity contribution in [2.75, 3.05) is 18.8 Å². The van der Waals surface area contributed by atoms with E-state index in [4.69, 9.17) is 0 Å². The first-order chi connectivity index (χ1) is 14.6. The summed E-state index contributed by atoms with van der Waals surface area (Å²) >= 11 is 0. The maximum absolute atomic E-state index is 12.8. The zero-order valence-electron chi connectivity index (χ0n) is 16.5. The van der Waals surface area contributed by atoms with Gasteiger partial charge in [-0.05, 0) is 49.2 Å². The van der Waals surface area contributed by atoms with Crippen molar-refractivity contribution in [2.24, 2.45) is 0 Å². The Morgan fingerprint density at radius 1 is 1.03 bits per heavy atom. The molecule has 31 heavy (non-hydrogen) atoms. The van der Waals surface area contributed by atoms with Crippen LogP contribution >= 0.6 is 0 Å². The smallest absolute Gasteiger partial charge is 0.251 e. The fourth-order valence-electron chi connectivity index (χ4n) is 2.88. The van der Waals surface area contributed by atoms with E-state index in [-0.39, 0.29) is 17.7 Å². The maximum atomic E-state index is 12.8. The van der Waals surface area contributed by atoms with Gasteiger partial charge in [0.25, 0.3) is 5.91 Å². The third kappa shape index (κ3) is 7.18. The van der Waals surface area contributed by atoms with E-state index in [0.717, 1.165) is 18.2 Å². The molecule has 1 aliphatic rings. The first kappa shape index (κ1) is 24.5. The van der Waals surface area contributed by atoms with E-state index < -0.39 is 33.3 Å². The van der Waals surface area contributed by atoms with Gasteiger partial charge in [0.05, 0.1) is 5.75 Å². The van der Waals surface area contributed by atoms with E-state index in [1.807, 2.05) is 0 Å². The number of hydrogen-bond acceptors (Lipinski definition) is 3. The minimum atomic E-state index is -3.28. The van der Waals surface area contributed by atoms with Crippen LogP contribution in [0.2, 0.25) is 0 Å². The summed E-state index contributed by atoms with van der Waals surface area (Å²) in [5.41, 5.74) is 0.392. The second kappa shape index (κ2) is 11.1. The van der Waals surface area contributed by atoms with E-state index in [1.54, 1.807) is 0 Å². The van der Waals surface area contributed by atoms with Crippen LogP contribution in [0.4, 0.5) is 17.6 Å². The zero-order valence-corrected chi connectivity index (χ0v) is 17.3. The van der Waals surface area contributed by atoms with Gasteiger partial charge in [0.15, 0.2) is 17.5 Å². The maximum Gasteiger partial charge on any atom is 0.251 e. The van der Waals surface area contributed by atoms with Crippen molar-refractivity contribution in [3.05, 3.63) is 84.0 Å². The normalized spacial score (nSPS) is 15.0. The average Bonchev–Trinajstić information content (AvgIpc) is 2.73. The largest absolute Gasteiger partial charge is 0.349 e. The molecule has 0 saturated carbocycles. The van der Waals surface area contributed by atoms with E-state index in [1.165, 1.54) is 34.6 Å². The molecule has 1 heterocycles. The summed E-state index contributed by atoms with van der Waals surface area (Å²) in [7, 11) is -3.28. The van der Waals surface area contributed by atoms with Crippen LogP contribution in [-0.4, -0.2) is 43.5 Å². The Bertz CT molecular complexity index is 986. The molecule has 2 aromatic rings. The molecule has 3 rings (SSSR count). The number of hydrogen-bond donors (Lipinski definition) is 1. The summed E-state index contributed by atoms with van der Waals surface area (Å²) in [5.74, 6) is -4.47. The molecule has 0 radical (unpaired) electrons. The lowest BCUT2D eigenvalue weighted by Gasteiger charge is -2.31. The summed E-state index contributed by atoms with van der Waals surface area (Å²) in [4.78, 5) is 12.0. The van der Waals surface area contributed by atoms with Crippen molar-refractivity contribution in [1.82, 2.24) is 9.62 Å². The number of benzene rings is 2. The fraction of sp³-hybridized carbons (Fsp3) is 0.286.